The summed E-state index contributed by atoms with van der Waals surface area (Å²) in [7, 11) is 0. The van der Waals surface area contributed by atoms with E-state index in [-0.39, 0.29) is 12.0 Å². The number of nitrogens with one attached hydrogen (secondary N) is 1. The van der Waals surface area contributed by atoms with Crippen LogP contribution in [0.4, 0.5) is 0 Å². The van der Waals surface area contributed by atoms with Crippen molar-refractivity contribution in [1.82, 2.24) is 5.32 Å². The van der Waals surface area contributed by atoms with E-state index in [1.807, 2.05) is 31.2 Å². The molecule has 1 N–H and O–H groups in total. The number of hydrogen-bond acceptors (Lipinski definition) is 3. The number of carbonyl (C=O) groups excluding carboxylic acids is 1. The fourth-order valence-corrected chi connectivity index (χ4v) is 2.09. The topological polar surface area (TPSA) is 47.6 Å². The van der Waals surface area contributed by atoms with Crippen LogP contribution >= 0.6 is 0 Å². The van der Waals surface area contributed by atoms with Crippen LogP contribution in [0.3, 0.4) is 0 Å². The highest BCUT2D eigenvalue weighted by molar-refractivity contribution is 5.76. The van der Waals surface area contributed by atoms with Crippen molar-refractivity contribution in [2.75, 3.05) is 19.8 Å². The summed E-state index contributed by atoms with van der Waals surface area (Å²) in [5.74, 6) is 0.860. The maximum Gasteiger partial charge on any atom is 0.223 e. The third kappa shape index (κ3) is 4.56. The molecular weight excluding hydrogens is 242 g/mol. The Balaban J connectivity index is 1.62. The zero-order valence-electron chi connectivity index (χ0n) is 11.4. The molecule has 1 atom stereocenters. The second-order valence-corrected chi connectivity index (χ2v) is 4.80. The number of benzene rings is 1. The average Bonchev–Trinajstić information content (AvgIpc) is 2.92. The van der Waals surface area contributed by atoms with Gasteiger partial charge >= 0.3 is 0 Å². The molecule has 0 aliphatic carbocycles. The Labute approximate surface area is 114 Å². The first-order chi connectivity index (χ1) is 9.25. The van der Waals surface area contributed by atoms with E-state index in [9.17, 15) is 4.79 Å². The highest BCUT2D eigenvalue weighted by Gasteiger charge is 2.15. The lowest BCUT2D eigenvalue weighted by Gasteiger charge is -2.11. The molecule has 1 aliphatic rings. The normalized spacial score (nSPS) is 18.3. The standard InChI is InChI=1S/C15H21NO3/c1-12-5-2-3-7-14(12)19-10-8-15(17)16-11-13-6-4-9-18-13/h2-3,5,7,13H,4,6,8-11H2,1H3,(H,16,17)/t13-/m0/s1. The van der Waals surface area contributed by atoms with Gasteiger partial charge in [-0.1, -0.05) is 18.2 Å². The summed E-state index contributed by atoms with van der Waals surface area (Å²) in [5, 5.41) is 2.88. The summed E-state index contributed by atoms with van der Waals surface area (Å²) in [6, 6.07) is 7.81. The lowest BCUT2D eigenvalue weighted by Crippen LogP contribution is -2.32. The van der Waals surface area contributed by atoms with Crippen LogP contribution in [-0.4, -0.2) is 31.8 Å². The Morgan fingerprint density at radius 2 is 2.32 bits per heavy atom. The van der Waals surface area contributed by atoms with Gasteiger partial charge in [0.15, 0.2) is 0 Å². The summed E-state index contributed by atoms with van der Waals surface area (Å²) < 4.78 is 11.0. The van der Waals surface area contributed by atoms with Gasteiger partial charge < -0.3 is 14.8 Å². The molecule has 0 saturated carbocycles. The third-order valence-electron chi connectivity index (χ3n) is 3.23. The van der Waals surface area contributed by atoms with Crippen LogP contribution in [0.1, 0.15) is 24.8 Å². The van der Waals surface area contributed by atoms with Gasteiger partial charge in [-0.2, -0.15) is 0 Å². The molecule has 1 heterocycles. The van der Waals surface area contributed by atoms with Crippen molar-refractivity contribution in [2.24, 2.45) is 0 Å². The molecule has 0 unspecified atom stereocenters. The van der Waals surface area contributed by atoms with Crippen molar-refractivity contribution in [3.8, 4) is 5.75 Å². The Kier molecular flexibility index (Phi) is 5.21. The molecule has 1 aromatic rings. The number of aryl methyl sites for hydroxylation is 1. The second-order valence-electron chi connectivity index (χ2n) is 4.80. The summed E-state index contributed by atoms with van der Waals surface area (Å²) in [5.41, 5.74) is 1.09. The van der Waals surface area contributed by atoms with Crippen molar-refractivity contribution < 1.29 is 14.3 Å². The molecule has 2 rings (SSSR count). The minimum Gasteiger partial charge on any atom is -0.493 e. The van der Waals surface area contributed by atoms with Gasteiger partial charge in [0.05, 0.1) is 19.1 Å². The van der Waals surface area contributed by atoms with Gasteiger partial charge in [0.2, 0.25) is 5.91 Å². The number of carbonyl (C=O) groups is 1. The zero-order valence-corrected chi connectivity index (χ0v) is 11.4. The molecular formula is C15H21NO3. The Morgan fingerprint density at radius 1 is 1.47 bits per heavy atom. The smallest absolute Gasteiger partial charge is 0.223 e. The van der Waals surface area contributed by atoms with Crippen molar-refractivity contribution in [2.45, 2.75) is 32.3 Å². The van der Waals surface area contributed by atoms with E-state index in [0.29, 0.717) is 19.6 Å². The molecule has 104 valence electrons. The van der Waals surface area contributed by atoms with Gasteiger partial charge in [0, 0.05) is 13.2 Å². The van der Waals surface area contributed by atoms with Crippen molar-refractivity contribution in [1.29, 1.82) is 0 Å². The van der Waals surface area contributed by atoms with E-state index in [4.69, 9.17) is 9.47 Å². The van der Waals surface area contributed by atoms with E-state index in [1.165, 1.54) is 0 Å². The quantitative estimate of drug-likeness (QED) is 0.854. The van der Waals surface area contributed by atoms with Crippen molar-refractivity contribution in [3.05, 3.63) is 29.8 Å². The maximum atomic E-state index is 11.6. The summed E-state index contributed by atoms with van der Waals surface area (Å²) in [6.07, 6.45) is 2.71. The lowest BCUT2D eigenvalue weighted by molar-refractivity contribution is -0.122. The van der Waals surface area contributed by atoms with Crippen LogP contribution in [0.5, 0.6) is 5.75 Å². The number of rotatable bonds is 6. The van der Waals surface area contributed by atoms with E-state index in [2.05, 4.69) is 5.32 Å². The molecule has 1 amide bonds. The predicted molar refractivity (Wildman–Crippen MR) is 73.3 cm³/mol. The van der Waals surface area contributed by atoms with E-state index < -0.39 is 0 Å². The molecule has 1 aliphatic heterocycles. The Hall–Kier alpha value is -1.55. The summed E-state index contributed by atoms with van der Waals surface area (Å²) in [6.45, 7) is 3.83. The Bertz CT molecular complexity index is 414. The van der Waals surface area contributed by atoms with Gasteiger partial charge in [-0.3, -0.25) is 4.79 Å². The highest BCUT2D eigenvalue weighted by Crippen LogP contribution is 2.16. The lowest BCUT2D eigenvalue weighted by atomic mass is 10.2. The minimum atomic E-state index is 0.0177. The largest absolute Gasteiger partial charge is 0.493 e. The first-order valence-corrected chi connectivity index (χ1v) is 6.82. The number of ether oxygens (including phenoxy) is 2. The van der Waals surface area contributed by atoms with Crippen LogP contribution in [0.2, 0.25) is 0 Å². The van der Waals surface area contributed by atoms with Gasteiger partial charge in [0.25, 0.3) is 0 Å². The molecule has 1 saturated heterocycles. The van der Waals surface area contributed by atoms with Gasteiger partial charge in [0.1, 0.15) is 5.75 Å². The molecule has 0 bridgehead atoms. The number of para-hydroxylation sites is 1. The fraction of sp³-hybridized carbons (Fsp3) is 0.533. The van der Waals surface area contributed by atoms with Gasteiger partial charge in [-0.15, -0.1) is 0 Å². The molecule has 19 heavy (non-hydrogen) atoms. The van der Waals surface area contributed by atoms with Crippen molar-refractivity contribution in [3.63, 3.8) is 0 Å². The number of amides is 1. The molecule has 0 radical (unpaired) electrons. The summed E-state index contributed by atoms with van der Waals surface area (Å²) in [4.78, 5) is 11.6. The molecule has 0 spiro atoms. The van der Waals surface area contributed by atoms with Crippen molar-refractivity contribution >= 4 is 5.91 Å². The van der Waals surface area contributed by atoms with Crippen LogP contribution in [0.15, 0.2) is 24.3 Å². The fourth-order valence-electron chi connectivity index (χ4n) is 2.09. The molecule has 4 heteroatoms. The van der Waals surface area contributed by atoms with Gasteiger partial charge in [-0.25, -0.2) is 0 Å². The predicted octanol–water partition coefficient (Wildman–Crippen LogP) is 2.06. The first kappa shape index (κ1) is 13.9. The van der Waals surface area contributed by atoms with Gasteiger partial charge in [-0.05, 0) is 31.4 Å². The Morgan fingerprint density at radius 3 is 3.05 bits per heavy atom. The first-order valence-electron chi connectivity index (χ1n) is 6.82. The average molecular weight is 263 g/mol. The number of hydrogen-bond donors (Lipinski definition) is 1. The minimum absolute atomic E-state index is 0.0177. The van der Waals surface area contributed by atoms with E-state index in [1.54, 1.807) is 0 Å². The molecule has 4 nitrogen and oxygen atoms in total. The molecule has 1 aromatic carbocycles. The van der Waals surface area contributed by atoms with Crippen LogP contribution in [0.25, 0.3) is 0 Å². The highest BCUT2D eigenvalue weighted by atomic mass is 16.5. The monoisotopic (exact) mass is 263 g/mol. The van der Waals surface area contributed by atoms with Crippen LogP contribution in [-0.2, 0) is 9.53 Å². The molecule has 0 aromatic heterocycles. The van der Waals surface area contributed by atoms with Crippen LogP contribution in [0, 0.1) is 6.92 Å². The third-order valence-corrected chi connectivity index (χ3v) is 3.23. The zero-order chi connectivity index (χ0) is 13.5. The second kappa shape index (κ2) is 7.14. The molecule has 1 fully saturated rings. The maximum absolute atomic E-state index is 11.6. The summed E-state index contributed by atoms with van der Waals surface area (Å²) >= 11 is 0. The van der Waals surface area contributed by atoms with E-state index >= 15 is 0 Å². The van der Waals surface area contributed by atoms with Crippen LogP contribution < -0.4 is 10.1 Å². The SMILES string of the molecule is Cc1ccccc1OCCC(=O)NC[C@@H]1CCCO1. The van der Waals surface area contributed by atoms with E-state index in [0.717, 1.165) is 30.8 Å².